The van der Waals surface area contributed by atoms with Crippen LogP contribution in [0, 0.1) is 5.82 Å². The normalized spacial score (nSPS) is 19.3. The molecule has 0 atom stereocenters. The van der Waals surface area contributed by atoms with Crippen LogP contribution < -0.4 is 0 Å². The van der Waals surface area contributed by atoms with Crippen LogP contribution in [-0.4, -0.2) is 41.3 Å². The molecule has 19 heavy (non-hydrogen) atoms. The number of aromatic carboxylic acids is 1. The number of nitrogens with zero attached hydrogens (tertiary/aromatic N) is 1. The summed E-state index contributed by atoms with van der Waals surface area (Å²) in [4.78, 5) is 13.3. The highest BCUT2D eigenvalue weighted by Gasteiger charge is 2.27. The summed E-state index contributed by atoms with van der Waals surface area (Å²) < 4.78 is 18.7. The summed E-state index contributed by atoms with van der Waals surface area (Å²) in [6.07, 6.45) is 0. The van der Waals surface area contributed by atoms with Crippen LogP contribution in [0.5, 0.6) is 0 Å². The first-order valence-corrected chi connectivity index (χ1v) is 6.25. The van der Waals surface area contributed by atoms with Crippen molar-refractivity contribution in [3.8, 4) is 0 Å². The Morgan fingerprint density at radius 1 is 1.53 bits per heavy atom. The SMILES string of the molecule is CC1(C)CN(Cc2ccc(F)cc2C(=O)O)CCO1. The molecule has 4 nitrogen and oxygen atoms in total. The maximum absolute atomic E-state index is 13.1. The summed E-state index contributed by atoms with van der Waals surface area (Å²) >= 11 is 0. The third kappa shape index (κ3) is 3.52. The highest BCUT2D eigenvalue weighted by Crippen LogP contribution is 2.20. The molecule has 1 aromatic rings. The molecule has 1 N–H and O–H groups in total. The van der Waals surface area contributed by atoms with Crippen molar-refractivity contribution in [3.63, 3.8) is 0 Å². The molecular formula is C14H18FNO3. The summed E-state index contributed by atoms with van der Waals surface area (Å²) in [7, 11) is 0. The molecule has 0 saturated carbocycles. The predicted octanol–water partition coefficient (Wildman–Crippen LogP) is 2.13. The number of carbonyl (C=O) groups is 1. The number of carboxylic acids is 1. The summed E-state index contributed by atoms with van der Waals surface area (Å²) in [6, 6.07) is 3.91. The average Bonchev–Trinajstić information content (AvgIpc) is 2.30. The van der Waals surface area contributed by atoms with Crippen LogP contribution in [0.25, 0.3) is 0 Å². The van der Waals surface area contributed by atoms with Gasteiger partial charge in [-0.25, -0.2) is 9.18 Å². The molecule has 1 aliphatic rings. The van der Waals surface area contributed by atoms with Crippen LogP contribution in [0.4, 0.5) is 4.39 Å². The Labute approximate surface area is 111 Å². The zero-order chi connectivity index (χ0) is 14.0. The molecule has 104 valence electrons. The second-order valence-corrected chi connectivity index (χ2v) is 5.43. The van der Waals surface area contributed by atoms with E-state index in [0.29, 0.717) is 18.7 Å². The first-order chi connectivity index (χ1) is 8.87. The van der Waals surface area contributed by atoms with Crippen molar-refractivity contribution in [1.82, 2.24) is 4.90 Å². The third-order valence-corrected chi connectivity index (χ3v) is 3.20. The quantitative estimate of drug-likeness (QED) is 0.911. The molecule has 0 unspecified atom stereocenters. The monoisotopic (exact) mass is 267 g/mol. The maximum Gasteiger partial charge on any atom is 0.336 e. The molecule has 0 amide bonds. The number of morpholine rings is 1. The van der Waals surface area contributed by atoms with Gasteiger partial charge in [0.15, 0.2) is 0 Å². The van der Waals surface area contributed by atoms with E-state index in [1.165, 1.54) is 6.07 Å². The molecule has 0 aliphatic carbocycles. The number of carboxylic acid groups (broad SMARTS) is 1. The molecule has 1 saturated heterocycles. The largest absolute Gasteiger partial charge is 0.478 e. The van der Waals surface area contributed by atoms with E-state index in [9.17, 15) is 9.18 Å². The third-order valence-electron chi connectivity index (χ3n) is 3.20. The lowest BCUT2D eigenvalue weighted by atomic mass is 10.0. The van der Waals surface area contributed by atoms with Crippen molar-refractivity contribution in [3.05, 3.63) is 35.1 Å². The zero-order valence-electron chi connectivity index (χ0n) is 11.1. The van der Waals surface area contributed by atoms with Crippen LogP contribution in [0.3, 0.4) is 0 Å². The summed E-state index contributed by atoms with van der Waals surface area (Å²) in [5.41, 5.74) is 0.428. The van der Waals surface area contributed by atoms with Crippen molar-refractivity contribution < 1.29 is 19.0 Å². The summed E-state index contributed by atoms with van der Waals surface area (Å²) in [5, 5.41) is 9.11. The van der Waals surface area contributed by atoms with Gasteiger partial charge in [0.25, 0.3) is 0 Å². The number of rotatable bonds is 3. The molecule has 1 heterocycles. The molecule has 5 heteroatoms. The lowest BCUT2D eigenvalue weighted by Gasteiger charge is -2.38. The van der Waals surface area contributed by atoms with Crippen molar-refractivity contribution in [2.24, 2.45) is 0 Å². The molecule has 1 aliphatic heterocycles. The highest BCUT2D eigenvalue weighted by molar-refractivity contribution is 5.89. The van der Waals surface area contributed by atoms with Crippen LogP contribution >= 0.6 is 0 Å². The first kappa shape index (κ1) is 14.0. The van der Waals surface area contributed by atoms with Crippen LogP contribution in [-0.2, 0) is 11.3 Å². The van der Waals surface area contributed by atoms with Crippen molar-refractivity contribution in [2.45, 2.75) is 26.0 Å². The van der Waals surface area contributed by atoms with Gasteiger partial charge in [-0.3, -0.25) is 4.90 Å². The number of hydrogen-bond acceptors (Lipinski definition) is 3. The molecule has 2 rings (SSSR count). The smallest absolute Gasteiger partial charge is 0.336 e. The fraction of sp³-hybridized carbons (Fsp3) is 0.500. The molecule has 0 bridgehead atoms. The lowest BCUT2D eigenvalue weighted by molar-refractivity contribution is -0.0883. The van der Waals surface area contributed by atoms with E-state index < -0.39 is 11.8 Å². The second-order valence-electron chi connectivity index (χ2n) is 5.43. The van der Waals surface area contributed by atoms with Crippen molar-refractivity contribution in [2.75, 3.05) is 19.7 Å². The van der Waals surface area contributed by atoms with Gasteiger partial charge in [-0.1, -0.05) is 6.07 Å². The van der Waals surface area contributed by atoms with E-state index in [4.69, 9.17) is 9.84 Å². The second kappa shape index (κ2) is 5.27. The molecular weight excluding hydrogens is 249 g/mol. The zero-order valence-corrected chi connectivity index (χ0v) is 11.1. The van der Waals surface area contributed by atoms with Crippen LogP contribution in [0.2, 0.25) is 0 Å². The first-order valence-electron chi connectivity index (χ1n) is 6.25. The Kier molecular flexibility index (Phi) is 3.87. The predicted molar refractivity (Wildman–Crippen MR) is 68.7 cm³/mol. The van der Waals surface area contributed by atoms with E-state index in [2.05, 4.69) is 4.90 Å². The van der Waals surface area contributed by atoms with Gasteiger partial charge in [-0.15, -0.1) is 0 Å². The molecule has 0 radical (unpaired) electrons. The number of hydrogen-bond donors (Lipinski definition) is 1. The Hall–Kier alpha value is -1.46. The lowest BCUT2D eigenvalue weighted by Crippen LogP contribution is -2.47. The number of ether oxygens (including phenoxy) is 1. The van der Waals surface area contributed by atoms with Crippen LogP contribution in [0.15, 0.2) is 18.2 Å². The van der Waals surface area contributed by atoms with E-state index in [1.807, 2.05) is 13.8 Å². The topological polar surface area (TPSA) is 49.8 Å². The minimum atomic E-state index is -1.10. The number of benzene rings is 1. The van der Waals surface area contributed by atoms with Crippen molar-refractivity contribution in [1.29, 1.82) is 0 Å². The Morgan fingerprint density at radius 2 is 2.26 bits per heavy atom. The number of halogens is 1. The maximum atomic E-state index is 13.1. The Morgan fingerprint density at radius 3 is 2.89 bits per heavy atom. The standard InChI is InChI=1S/C14H18FNO3/c1-14(2)9-16(5-6-19-14)8-10-3-4-11(15)7-12(10)13(17)18/h3-4,7H,5-6,8-9H2,1-2H3,(H,17,18). The van der Waals surface area contributed by atoms with Gasteiger partial charge >= 0.3 is 5.97 Å². The van der Waals surface area contributed by atoms with Gasteiger partial charge in [-0.05, 0) is 31.5 Å². The van der Waals surface area contributed by atoms with Gasteiger partial charge in [0.1, 0.15) is 5.82 Å². The summed E-state index contributed by atoms with van der Waals surface area (Å²) in [6.45, 7) is 6.60. The fourth-order valence-corrected chi connectivity index (χ4v) is 2.38. The van der Waals surface area contributed by atoms with Gasteiger partial charge in [0, 0.05) is 19.6 Å². The molecule has 1 fully saturated rings. The van der Waals surface area contributed by atoms with Crippen molar-refractivity contribution >= 4 is 5.97 Å². The molecule has 1 aromatic carbocycles. The average molecular weight is 267 g/mol. The summed E-state index contributed by atoms with van der Waals surface area (Å²) in [5.74, 6) is -1.62. The van der Waals surface area contributed by atoms with E-state index in [-0.39, 0.29) is 11.2 Å². The van der Waals surface area contributed by atoms with Crippen LogP contribution in [0.1, 0.15) is 29.8 Å². The van der Waals surface area contributed by atoms with E-state index >= 15 is 0 Å². The van der Waals surface area contributed by atoms with E-state index in [0.717, 1.165) is 19.2 Å². The molecule has 0 spiro atoms. The van der Waals surface area contributed by atoms with Gasteiger partial charge in [-0.2, -0.15) is 0 Å². The highest BCUT2D eigenvalue weighted by atomic mass is 19.1. The van der Waals surface area contributed by atoms with Gasteiger partial charge in [0.2, 0.25) is 0 Å². The minimum absolute atomic E-state index is 0.0318. The Bertz CT molecular complexity index is 488. The molecule has 0 aromatic heterocycles. The van der Waals surface area contributed by atoms with Gasteiger partial charge in [0.05, 0.1) is 17.8 Å². The van der Waals surface area contributed by atoms with E-state index in [1.54, 1.807) is 6.07 Å². The minimum Gasteiger partial charge on any atom is -0.478 e. The van der Waals surface area contributed by atoms with Gasteiger partial charge < -0.3 is 9.84 Å². The fourth-order valence-electron chi connectivity index (χ4n) is 2.38. The Balaban J connectivity index is 2.17.